The molecule has 2 aliphatic rings. The van der Waals surface area contributed by atoms with E-state index in [-0.39, 0.29) is 11.8 Å². The summed E-state index contributed by atoms with van der Waals surface area (Å²) in [6, 6.07) is 19.2. The molecule has 0 aliphatic carbocycles. The van der Waals surface area contributed by atoms with Gasteiger partial charge < -0.3 is 9.64 Å². The molecule has 2 heterocycles. The molecule has 2 atom stereocenters. The number of aliphatic imine (C=N–C) groups is 1. The lowest BCUT2D eigenvalue weighted by molar-refractivity contribution is 0.122. The Hall–Kier alpha value is -3.33. The first kappa shape index (κ1) is 36.0. The van der Waals surface area contributed by atoms with E-state index in [1.54, 1.807) is 60.0 Å². The van der Waals surface area contributed by atoms with Crippen LogP contribution in [0, 0.1) is 11.3 Å². The van der Waals surface area contributed by atoms with Crippen LogP contribution in [0.2, 0.25) is 15.1 Å². The lowest BCUT2D eigenvalue weighted by atomic mass is 9.85. The monoisotopic (exact) mass is 729 g/mol. The second-order valence-electron chi connectivity index (χ2n) is 12.6. The zero-order valence-corrected chi connectivity index (χ0v) is 30.4. The summed E-state index contributed by atoms with van der Waals surface area (Å²) in [5.41, 5.74) is 1.90. The van der Waals surface area contributed by atoms with Crippen molar-refractivity contribution in [3.8, 4) is 11.8 Å². The molecule has 0 spiro atoms. The second-order valence-corrected chi connectivity index (χ2v) is 16.1. The molecule has 1 fully saturated rings. The molecule has 0 unspecified atom stereocenters. The van der Waals surface area contributed by atoms with Gasteiger partial charge >= 0.3 is 6.03 Å². The SMILES string of the molecule is CCOc1cc(C(C)(C)C#N)c(Cl)cc1C1=N[C@@H](c2ccc(Cl)cc2)[C@@H](c2ccc(Cl)cc2)N1C(=O)N1CCN(CCS(C)(=O)=O)CC1. The zero-order chi connectivity index (χ0) is 34.8. The van der Waals surface area contributed by atoms with Gasteiger partial charge in [0.05, 0.1) is 35.4 Å². The molecule has 2 amide bonds. The number of amides is 2. The molecule has 254 valence electrons. The first-order valence-electron chi connectivity index (χ1n) is 15.7. The summed E-state index contributed by atoms with van der Waals surface area (Å²) in [6.07, 6.45) is 1.23. The van der Waals surface area contributed by atoms with Crippen molar-refractivity contribution in [1.29, 1.82) is 5.26 Å². The molecule has 9 nitrogen and oxygen atoms in total. The highest BCUT2D eigenvalue weighted by Crippen LogP contribution is 2.46. The third-order valence-corrected chi connectivity index (χ3v) is 10.4. The second kappa shape index (κ2) is 14.7. The average Bonchev–Trinajstić information content (AvgIpc) is 3.45. The van der Waals surface area contributed by atoms with Crippen LogP contribution in [0.15, 0.2) is 65.7 Å². The summed E-state index contributed by atoms with van der Waals surface area (Å²) in [7, 11) is -3.11. The van der Waals surface area contributed by atoms with E-state index >= 15 is 0 Å². The molecule has 0 bridgehead atoms. The topological polar surface area (TPSA) is 106 Å². The van der Waals surface area contributed by atoms with Gasteiger partial charge in [-0.1, -0.05) is 59.1 Å². The molecule has 0 aromatic heterocycles. The number of nitrogens with zero attached hydrogens (tertiary/aromatic N) is 5. The molecular formula is C35H38Cl3N5O4S. The number of halogens is 3. The van der Waals surface area contributed by atoms with E-state index in [0.717, 1.165) is 11.1 Å². The standard InChI is InChI=1S/C35H38Cl3N5O4S/c1-5-47-30-21-28(35(2,3)22-39)29(38)20-27(30)33-40-31(23-6-10-25(36)11-7-23)32(24-8-12-26(37)13-9-24)43(33)34(44)42-16-14-41(15-17-42)18-19-48(4,45)46/h6-13,20-21,31-32H,5,14-19H2,1-4H3/t31-,32+/m0/s1. The maximum Gasteiger partial charge on any atom is 0.326 e. The largest absolute Gasteiger partial charge is 0.493 e. The number of hydrogen-bond donors (Lipinski definition) is 0. The van der Waals surface area contributed by atoms with Crippen molar-refractivity contribution < 1.29 is 17.9 Å². The Bertz CT molecular complexity index is 1840. The first-order valence-corrected chi connectivity index (χ1v) is 18.9. The van der Waals surface area contributed by atoms with Gasteiger partial charge in [-0.05, 0) is 73.9 Å². The van der Waals surface area contributed by atoms with E-state index in [1.165, 1.54) is 6.26 Å². The number of urea groups is 1. The molecule has 0 N–H and O–H groups in total. The highest BCUT2D eigenvalue weighted by molar-refractivity contribution is 7.90. The quantitative estimate of drug-likeness (QED) is 0.231. The van der Waals surface area contributed by atoms with Crippen molar-refractivity contribution in [2.45, 2.75) is 38.3 Å². The molecule has 5 rings (SSSR count). The molecule has 2 aliphatic heterocycles. The number of carbonyl (C=O) groups excluding carboxylic acids is 1. The van der Waals surface area contributed by atoms with Crippen molar-refractivity contribution in [2.75, 3.05) is 51.3 Å². The molecule has 3 aromatic rings. The molecule has 0 saturated carbocycles. The third kappa shape index (κ3) is 7.93. The van der Waals surface area contributed by atoms with Crippen molar-refractivity contribution in [2.24, 2.45) is 4.99 Å². The minimum atomic E-state index is -3.11. The number of piperazine rings is 1. The van der Waals surface area contributed by atoms with Crippen LogP contribution in [0.4, 0.5) is 4.79 Å². The number of benzene rings is 3. The fraction of sp³-hybridized carbons (Fsp3) is 0.400. The minimum absolute atomic E-state index is 0.0604. The Balaban J connectivity index is 1.64. The number of hydrogen-bond acceptors (Lipinski definition) is 7. The predicted octanol–water partition coefficient (Wildman–Crippen LogP) is 7.17. The fourth-order valence-electron chi connectivity index (χ4n) is 6.01. The molecule has 13 heteroatoms. The normalized spacial score (nSPS) is 18.8. The van der Waals surface area contributed by atoms with Gasteiger partial charge in [0.2, 0.25) is 0 Å². The molecule has 3 aromatic carbocycles. The number of nitriles is 1. The van der Waals surface area contributed by atoms with Crippen LogP contribution in [0.3, 0.4) is 0 Å². The zero-order valence-electron chi connectivity index (χ0n) is 27.3. The van der Waals surface area contributed by atoms with Crippen LogP contribution in [-0.4, -0.2) is 86.3 Å². The van der Waals surface area contributed by atoms with E-state index < -0.39 is 27.3 Å². The number of amidine groups is 1. The van der Waals surface area contributed by atoms with Crippen LogP contribution in [0.1, 0.15) is 55.1 Å². The maximum absolute atomic E-state index is 14.8. The predicted molar refractivity (Wildman–Crippen MR) is 191 cm³/mol. The number of carbonyl (C=O) groups is 1. The molecule has 0 radical (unpaired) electrons. The summed E-state index contributed by atoms with van der Waals surface area (Å²) >= 11 is 19.5. The smallest absolute Gasteiger partial charge is 0.326 e. The van der Waals surface area contributed by atoms with Crippen molar-refractivity contribution in [3.63, 3.8) is 0 Å². The van der Waals surface area contributed by atoms with E-state index in [2.05, 4.69) is 11.0 Å². The highest BCUT2D eigenvalue weighted by Gasteiger charge is 2.45. The lowest BCUT2D eigenvalue weighted by Crippen LogP contribution is -2.54. The number of sulfone groups is 1. The molecular weight excluding hydrogens is 693 g/mol. The van der Waals surface area contributed by atoms with Gasteiger partial charge in [-0.2, -0.15) is 5.26 Å². The van der Waals surface area contributed by atoms with Gasteiger partial charge in [0, 0.05) is 54.0 Å². The van der Waals surface area contributed by atoms with Crippen molar-refractivity contribution in [1.82, 2.24) is 14.7 Å². The van der Waals surface area contributed by atoms with Crippen LogP contribution in [0.25, 0.3) is 0 Å². The Labute approximate surface area is 297 Å². The first-order chi connectivity index (χ1) is 22.7. The highest BCUT2D eigenvalue weighted by atomic mass is 35.5. The average molecular weight is 731 g/mol. The molecule has 1 saturated heterocycles. The number of rotatable bonds is 9. The Kier molecular flexibility index (Phi) is 11.0. The summed E-state index contributed by atoms with van der Waals surface area (Å²) < 4.78 is 29.7. The third-order valence-electron chi connectivity index (χ3n) is 8.68. The number of ether oxygens (including phenoxy) is 1. The Morgan fingerprint density at radius 1 is 0.979 bits per heavy atom. The van der Waals surface area contributed by atoms with E-state index in [0.29, 0.717) is 77.1 Å². The van der Waals surface area contributed by atoms with Gasteiger partial charge in [0.1, 0.15) is 27.5 Å². The Morgan fingerprint density at radius 3 is 2.10 bits per heavy atom. The van der Waals surface area contributed by atoms with Crippen molar-refractivity contribution in [3.05, 3.63) is 98.0 Å². The van der Waals surface area contributed by atoms with E-state index in [1.807, 2.05) is 31.2 Å². The van der Waals surface area contributed by atoms with Crippen LogP contribution >= 0.6 is 34.8 Å². The minimum Gasteiger partial charge on any atom is -0.493 e. The lowest BCUT2D eigenvalue weighted by Gasteiger charge is -2.39. The summed E-state index contributed by atoms with van der Waals surface area (Å²) in [6.45, 7) is 8.04. The van der Waals surface area contributed by atoms with Gasteiger partial charge in [0.15, 0.2) is 0 Å². The van der Waals surface area contributed by atoms with Gasteiger partial charge in [-0.15, -0.1) is 0 Å². The van der Waals surface area contributed by atoms with E-state index in [4.69, 9.17) is 44.5 Å². The summed E-state index contributed by atoms with van der Waals surface area (Å²) in [5.74, 6) is 0.894. The Morgan fingerprint density at radius 2 is 1.56 bits per heavy atom. The van der Waals surface area contributed by atoms with Gasteiger partial charge in [-0.3, -0.25) is 14.8 Å². The van der Waals surface area contributed by atoms with Crippen molar-refractivity contribution >= 4 is 56.5 Å². The maximum atomic E-state index is 14.8. The fourth-order valence-corrected chi connectivity index (χ4v) is 7.25. The van der Waals surface area contributed by atoms with Gasteiger partial charge in [-0.25, -0.2) is 13.2 Å². The van der Waals surface area contributed by atoms with E-state index in [9.17, 15) is 18.5 Å². The molecule has 48 heavy (non-hydrogen) atoms. The van der Waals surface area contributed by atoms with Gasteiger partial charge in [0.25, 0.3) is 0 Å². The summed E-state index contributed by atoms with van der Waals surface area (Å²) in [4.78, 5) is 25.6. The summed E-state index contributed by atoms with van der Waals surface area (Å²) in [5, 5.41) is 11.4. The van der Waals surface area contributed by atoms with Crippen LogP contribution in [0.5, 0.6) is 5.75 Å². The van der Waals surface area contributed by atoms with Crippen LogP contribution in [-0.2, 0) is 15.3 Å². The van der Waals surface area contributed by atoms with Crippen LogP contribution < -0.4 is 4.74 Å².